The van der Waals surface area contributed by atoms with Crippen LogP contribution in [0.3, 0.4) is 0 Å². The Morgan fingerprint density at radius 2 is 1.92 bits per heavy atom. The van der Waals surface area contributed by atoms with E-state index in [1.165, 1.54) is 11.9 Å². The molecule has 1 heterocycles. The molecule has 0 bridgehead atoms. The van der Waals surface area contributed by atoms with Gasteiger partial charge in [-0.25, -0.2) is 0 Å². The molecule has 1 unspecified atom stereocenters. The molecule has 2 aromatic rings. The molecule has 8 heteroatoms. The van der Waals surface area contributed by atoms with Gasteiger partial charge in [-0.15, -0.1) is 0 Å². The van der Waals surface area contributed by atoms with Gasteiger partial charge in [0, 0.05) is 17.1 Å². The van der Waals surface area contributed by atoms with E-state index in [0.717, 1.165) is 0 Å². The number of hydrogen-bond donors (Lipinski definition) is 1. The Balaban J connectivity index is 1.77. The number of anilines is 1. The van der Waals surface area contributed by atoms with Crippen molar-refractivity contribution in [3.05, 3.63) is 52.5 Å². The molecular weight excluding hydrogens is 379 g/mol. The van der Waals surface area contributed by atoms with Gasteiger partial charge in [-0.05, 0) is 30.3 Å². The first-order chi connectivity index (χ1) is 12.5. The first-order valence-electron chi connectivity index (χ1n) is 7.84. The monoisotopic (exact) mass is 394 g/mol. The molecule has 2 aromatic carbocycles. The maximum atomic E-state index is 12.7. The normalized spacial score (nSPS) is 15.7. The van der Waals surface area contributed by atoms with E-state index in [4.69, 9.17) is 32.7 Å². The number of likely N-dealkylation sites (N-methyl/N-ethyl adjacent to an activating group) is 1. The quantitative estimate of drug-likeness (QED) is 0.865. The van der Waals surface area contributed by atoms with Gasteiger partial charge in [-0.1, -0.05) is 35.3 Å². The second-order valence-corrected chi connectivity index (χ2v) is 6.46. The van der Waals surface area contributed by atoms with Crippen LogP contribution in [0, 0.1) is 0 Å². The summed E-state index contributed by atoms with van der Waals surface area (Å²) in [7, 11) is 1.52. The van der Waals surface area contributed by atoms with Crippen molar-refractivity contribution >= 4 is 40.7 Å². The molecule has 136 valence electrons. The fourth-order valence-corrected chi connectivity index (χ4v) is 3.11. The minimum absolute atomic E-state index is 0.0924. The number of nitrogens with zero attached hydrogens (tertiary/aromatic N) is 1. The Labute approximate surface area is 160 Å². The first kappa shape index (κ1) is 18.4. The highest BCUT2D eigenvalue weighted by atomic mass is 35.5. The van der Waals surface area contributed by atoms with Gasteiger partial charge in [0.05, 0.1) is 12.2 Å². The topological polar surface area (TPSA) is 67.9 Å². The highest BCUT2D eigenvalue weighted by Crippen LogP contribution is 2.33. The molecule has 0 saturated carbocycles. The van der Waals surface area contributed by atoms with Gasteiger partial charge in [-0.3, -0.25) is 9.59 Å². The van der Waals surface area contributed by atoms with Gasteiger partial charge in [-0.2, -0.15) is 0 Å². The van der Waals surface area contributed by atoms with Crippen LogP contribution in [0.15, 0.2) is 42.5 Å². The summed E-state index contributed by atoms with van der Waals surface area (Å²) in [6.07, 6.45) is -0.792. The molecule has 2 amide bonds. The zero-order valence-corrected chi connectivity index (χ0v) is 15.4. The Kier molecular flexibility index (Phi) is 5.54. The number of amides is 2. The van der Waals surface area contributed by atoms with Gasteiger partial charge < -0.3 is 19.7 Å². The van der Waals surface area contributed by atoms with E-state index in [2.05, 4.69) is 5.32 Å². The number of carbonyl (C=O) groups excluding carboxylic acids is 2. The number of rotatable bonds is 4. The molecule has 0 radical (unpaired) electrons. The maximum absolute atomic E-state index is 12.7. The minimum atomic E-state index is -0.792. The molecule has 26 heavy (non-hydrogen) atoms. The van der Waals surface area contributed by atoms with Crippen LogP contribution in [0.1, 0.15) is 0 Å². The molecule has 6 nitrogen and oxygen atoms in total. The van der Waals surface area contributed by atoms with E-state index < -0.39 is 6.10 Å². The minimum Gasteiger partial charge on any atom is -0.484 e. The molecule has 0 spiro atoms. The molecule has 0 fully saturated rings. The third-order valence-corrected chi connectivity index (χ3v) is 4.25. The number of para-hydroxylation sites is 2. The zero-order chi connectivity index (χ0) is 18.7. The van der Waals surface area contributed by atoms with Crippen molar-refractivity contribution in [3.8, 4) is 11.5 Å². The summed E-state index contributed by atoms with van der Waals surface area (Å²) in [5.41, 5.74) is 0.588. The summed E-state index contributed by atoms with van der Waals surface area (Å²) < 4.78 is 11.2. The fraction of sp³-hybridized carbons (Fsp3) is 0.222. The van der Waals surface area contributed by atoms with E-state index in [1.807, 2.05) is 0 Å². The molecular formula is C18H16Cl2N2O4. The maximum Gasteiger partial charge on any atom is 0.265 e. The number of carbonyl (C=O) groups is 2. The van der Waals surface area contributed by atoms with Crippen LogP contribution in [0.5, 0.6) is 11.5 Å². The number of halogens is 2. The van der Waals surface area contributed by atoms with Crippen molar-refractivity contribution in [1.29, 1.82) is 0 Å². The summed E-state index contributed by atoms with van der Waals surface area (Å²) in [4.78, 5) is 26.1. The van der Waals surface area contributed by atoms with Gasteiger partial charge >= 0.3 is 0 Å². The number of nitrogens with one attached hydrogen (secondary N) is 1. The fourth-order valence-electron chi connectivity index (χ4n) is 2.60. The number of fused-ring (bicyclic) bond motifs is 1. The molecule has 1 N–H and O–H groups in total. The highest BCUT2D eigenvalue weighted by molar-refractivity contribution is 6.34. The van der Waals surface area contributed by atoms with Crippen LogP contribution in [-0.2, 0) is 9.59 Å². The molecule has 0 aromatic heterocycles. The van der Waals surface area contributed by atoms with Crippen LogP contribution in [0.25, 0.3) is 0 Å². The number of hydrogen-bond acceptors (Lipinski definition) is 4. The lowest BCUT2D eigenvalue weighted by atomic mass is 10.1. The Bertz CT molecular complexity index is 823. The van der Waals surface area contributed by atoms with E-state index in [0.29, 0.717) is 27.2 Å². The van der Waals surface area contributed by atoms with Gasteiger partial charge in [0.15, 0.2) is 12.7 Å². The van der Waals surface area contributed by atoms with E-state index >= 15 is 0 Å². The lowest BCUT2D eigenvalue weighted by Crippen LogP contribution is -2.51. The summed E-state index contributed by atoms with van der Waals surface area (Å²) in [5.74, 6) is 0.234. The predicted octanol–water partition coefficient (Wildman–Crippen LogP) is 2.91. The zero-order valence-electron chi connectivity index (χ0n) is 13.9. The van der Waals surface area contributed by atoms with Gasteiger partial charge in [0.25, 0.3) is 11.8 Å². The van der Waals surface area contributed by atoms with Crippen molar-refractivity contribution in [3.63, 3.8) is 0 Å². The predicted molar refractivity (Wildman–Crippen MR) is 99.2 cm³/mol. The smallest absolute Gasteiger partial charge is 0.265 e. The standard InChI is InChI=1S/C18H16Cl2N2O4/c1-21-18(24)16-9-22(14-4-2-3-5-15(14)26-16)17(23)10-25-13-7-11(19)6-12(20)8-13/h2-8,16H,9-10H2,1H3,(H,21,24). The van der Waals surface area contributed by atoms with Crippen LogP contribution in [0.4, 0.5) is 5.69 Å². The molecule has 1 atom stereocenters. The Hall–Kier alpha value is -2.44. The highest BCUT2D eigenvalue weighted by Gasteiger charge is 2.33. The second-order valence-electron chi connectivity index (χ2n) is 5.59. The molecule has 1 aliphatic heterocycles. The van der Waals surface area contributed by atoms with Crippen LogP contribution < -0.4 is 19.7 Å². The summed E-state index contributed by atoms with van der Waals surface area (Å²) in [5, 5.41) is 3.36. The second kappa shape index (κ2) is 7.85. The molecule has 3 rings (SSSR count). The largest absolute Gasteiger partial charge is 0.484 e. The number of benzene rings is 2. The summed E-state index contributed by atoms with van der Waals surface area (Å²) in [6.45, 7) is -0.138. The van der Waals surface area contributed by atoms with Crippen LogP contribution >= 0.6 is 23.2 Å². The van der Waals surface area contributed by atoms with E-state index in [-0.39, 0.29) is 25.0 Å². The molecule has 0 aliphatic carbocycles. The Morgan fingerprint density at radius 3 is 2.62 bits per heavy atom. The third kappa shape index (κ3) is 4.03. The van der Waals surface area contributed by atoms with Crippen LogP contribution in [0.2, 0.25) is 10.0 Å². The third-order valence-electron chi connectivity index (χ3n) is 3.81. The van der Waals surface area contributed by atoms with Crippen molar-refractivity contribution in [2.75, 3.05) is 25.1 Å². The van der Waals surface area contributed by atoms with Crippen molar-refractivity contribution in [2.24, 2.45) is 0 Å². The lowest BCUT2D eigenvalue weighted by Gasteiger charge is -2.33. The van der Waals surface area contributed by atoms with Crippen molar-refractivity contribution in [2.45, 2.75) is 6.10 Å². The molecule has 1 aliphatic rings. The van der Waals surface area contributed by atoms with Crippen LogP contribution in [-0.4, -0.2) is 38.1 Å². The SMILES string of the molecule is CNC(=O)C1CN(C(=O)COc2cc(Cl)cc(Cl)c2)c2ccccc2O1. The van der Waals surface area contributed by atoms with Crippen molar-refractivity contribution in [1.82, 2.24) is 5.32 Å². The average Bonchev–Trinajstić information content (AvgIpc) is 2.63. The van der Waals surface area contributed by atoms with Gasteiger partial charge in [0.1, 0.15) is 11.5 Å². The number of ether oxygens (including phenoxy) is 2. The van der Waals surface area contributed by atoms with Gasteiger partial charge in [0.2, 0.25) is 0 Å². The lowest BCUT2D eigenvalue weighted by molar-refractivity contribution is -0.128. The average molecular weight is 395 g/mol. The van der Waals surface area contributed by atoms with E-state index in [1.54, 1.807) is 42.5 Å². The summed E-state index contributed by atoms with van der Waals surface area (Å²) in [6, 6.07) is 11.7. The summed E-state index contributed by atoms with van der Waals surface area (Å²) >= 11 is 11.9. The Morgan fingerprint density at radius 1 is 1.23 bits per heavy atom. The first-order valence-corrected chi connectivity index (χ1v) is 8.60. The van der Waals surface area contributed by atoms with E-state index in [9.17, 15) is 9.59 Å². The molecule has 0 saturated heterocycles. The van der Waals surface area contributed by atoms with Crippen molar-refractivity contribution < 1.29 is 19.1 Å².